The summed E-state index contributed by atoms with van der Waals surface area (Å²) in [6.07, 6.45) is 3.06. The van der Waals surface area contributed by atoms with E-state index in [1.165, 1.54) is 54.1 Å². The summed E-state index contributed by atoms with van der Waals surface area (Å²) in [5.41, 5.74) is 5.77. The van der Waals surface area contributed by atoms with E-state index in [0.717, 1.165) is 12.1 Å². The Labute approximate surface area is 228 Å². The van der Waals surface area contributed by atoms with Crippen molar-refractivity contribution >= 4 is 49.1 Å². The molecule has 0 aliphatic rings. The number of aromatic nitrogens is 2. The van der Waals surface area contributed by atoms with E-state index in [4.69, 9.17) is 5.73 Å². The fourth-order valence-corrected chi connectivity index (χ4v) is 5.18. The van der Waals surface area contributed by atoms with E-state index in [0.29, 0.717) is 5.82 Å². The number of carbonyl (C=O) groups excluding carboxylic acids is 2. The number of nitrogens with two attached hydrogens (primary N) is 1. The molecule has 0 atom stereocenters. The van der Waals surface area contributed by atoms with E-state index >= 15 is 0 Å². The zero-order chi connectivity index (χ0) is 29.2. The normalized spacial score (nSPS) is 11.6. The fraction of sp³-hybridized carbons (Fsp3) is 0.0400. The third-order valence-corrected chi connectivity index (χ3v) is 7.27. The summed E-state index contributed by atoms with van der Waals surface area (Å²) < 4.78 is 69.9. The predicted molar refractivity (Wildman–Crippen MR) is 143 cm³/mol. The van der Waals surface area contributed by atoms with E-state index < -0.39 is 41.8 Å². The number of anilines is 3. The monoisotopic (exact) mass is 584 g/mol. The summed E-state index contributed by atoms with van der Waals surface area (Å²) in [5.74, 6) is -0.794. The van der Waals surface area contributed by atoms with Gasteiger partial charge in [0.2, 0.25) is 5.91 Å². The van der Waals surface area contributed by atoms with Gasteiger partial charge >= 0.3 is 5.82 Å². The largest absolute Gasteiger partial charge is 0.365 e. The Kier molecular flexibility index (Phi) is 7.66. The lowest BCUT2D eigenvalue weighted by atomic mass is 10.1. The van der Waals surface area contributed by atoms with Gasteiger partial charge < -0.3 is 16.4 Å². The fourth-order valence-electron chi connectivity index (χ4n) is 3.78. The van der Waals surface area contributed by atoms with Gasteiger partial charge in [0.15, 0.2) is 5.69 Å². The molecule has 0 bridgehead atoms. The van der Waals surface area contributed by atoms with Crippen molar-refractivity contribution in [3.63, 3.8) is 0 Å². The molecule has 2 heterocycles. The first-order chi connectivity index (χ1) is 18.7. The molecule has 13 nitrogen and oxygen atoms in total. The topological polar surface area (TPSA) is 210 Å². The lowest BCUT2D eigenvalue weighted by Gasteiger charge is -2.14. The second-order valence-corrected chi connectivity index (χ2v) is 11.2. The van der Waals surface area contributed by atoms with Gasteiger partial charge in [-0.15, -0.1) is 0 Å². The molecule has 0 radical (unpaired) electrons. The Morgan fingerprint density at radius 1 is 0.875 bits per heavy atom. The molecule has 0 fully saturated rings. The van der Waals surface area contributed by atoms with Crippen LogP contribution in [0.1, 0.15) is 17.3 Å². The highest BCUT2D eigenvalue weighted by Crippen LogP contribution is 2.33. The average Bonchev–Trinajstić information content (AvgIpc) is 2.88. The number of primary amides is 1. The molecule has 0 unspecified atom stereocenters. The van der Waals surface area contributed by atoms with Crippen molar-refractivity contribution in [1.82, 2.24) is 4.98 Å². The molecule has 2 aromatic heterocycles. The molecule has 4 rings (SSSR count). The molecule has 0 aliphatic carbocycles. The summed E-state index contributed by atoms with van der Waals surface area (Å²) in [6.45, 7) is 1.22. The summed E-state index contributed by atoms with van der Waals surface area (Å²) in [5, 5.41) is 5.11. The first kappa shape index (κ1) is 28.3. The average molecular weight is 585 g/mol. The highest BCUT2D eigenvalue weighted by molar-refractivity contribution is 7.86. The predicted octanol–water partition coefficient (Wildman–Crippen LogP) is 2.32. The Balaban J connectivity index is 1.77. The lowest BCUT2D eigenvalue weighted by Crippen LogP contribution is -2.33. The van der Waals surface area contributed by atoms with E-state index in [9.17, 15) is 35.5 Å². The second kappa shape index (κ2) is 10.8. The van der Waals surface area contributed by atoms with Crippen molar-refractivity contribution in [2.45, 2.75) is 16.7 Å². The van der Waals surface area contributed by atoms with Crippen LogP contribution in [0.5, 0.6) is 0 Å². The van der Waals surface area contributed by atoms with Crippen LogP contribution in [0.15, 0.2) is 88.9 Å². The summed E-state index contributed by atoms with van der Waals surface area (Å²) in [7, 11) is -9.58. The molecule has 15 heteroatoms. The Bertz CT molecular complexity index is 1880. The first-order valence-electron chi connectivity index (χ1n) is 11.3. The summed E-state index contributed by atoms with van der Waals surface area (Å²) in [6, 6.07) is 15.3. The number of hydrogen-bond donors (Lipinski definition) is 5. The van der Waals surface area contributed by atoms with E-state index in [-0.39, 0.29) is 33.9 Å². The van der Waals surface area contributed by atoms with Crippen LogP contribution in [-0.2, 0) is 25.0 Å². The number of pyridine rings is 2. The van der Waals surface area contributed by atoms with Crippen LogP contribution in [-0.4, -0.2) is 42.7 Å². The van der Waals surface area contributed by atoms with Crippen LogP contribution in [0.25, 0.3) is 17.1 Å². The third kappa shape index (κ3) is 6.47. The number of carbonyl (C=O) groups is 2. The maximum Gasteiger partial charge on any atom is 0.328 e. The number of benzene rings is 2. The maximum absolute atomic E-state index is 12.3. The molecular weight excluding hydrogens is 562 g/mol. The van der Waals surface area contributed by atoms with Gasteiger partial charge in [0.25, 0.3) is 26.1 Å². The number of rotatable bonds is 8. The number of nitrogens with zero attached hydrogens (tertiary/aromatic N) is 2. The zero-order valence-electron chi connectivity index (χ0n) is 20.6. The van der Waals surface area contributed by atoms with Crippen molar-refractivity contribution in [2.24, 2.45) is 5.73 Å². The molecule has 206 valence electrons. The lowest BCUT2D eigenvalue weighted by molar-refractivity contribution is -0.599. The van der Waals surface area contributed by atoms with Crippen LogP contribution in [0, 0.1) is 0 Å². The summed E-state index contributed by atoms with van der Waals surface area (Å²) >= 11 is 0. The van der Waals surface area contributed by atoms with Crippen molar-refractivity contribution in [3.05, 3.63) is 84.7 Å². The molecule has 40 heavy (non-hydrogen) atoms. The summed E-state index contributed by atoms with van der Waals surface area (Å²) in [4.78, 5) is 26.2. The third-order valence-electron chi connectivity index (χ3n) is 5.48. The van der Waals surface area contributed by atoms with Crippen LogP contribution >= 0.6 is 0 Å². The number of amides is 2. The van der Waals surface area contributed by atoms with Crippen LogP contribution in [0.2, 0.25) is 0 Å². The number of nitrogens with one attached hydrogen (secondary N) is 2. The molecular formula is C25H22N5O8S2+. The van der Waals surface area contributed by atoms with Crippen molar-refractivity contribution in [2.75, 3.05) is 10.6 Å². The molecule has 0 saturated carbocycles. The maximum atomic E-state index is 12.3. The van der Waals surface area contributed by atoms with E-state index in [2.05, 4.69) is 15.6 Å². The Morgan fingerprint density at radius 2 is 1.55 bits per heavy atom. The van der Waals surface area contributed by atoms with E-state index in [1.54, 1.807) is 24.4 Å². The van der Waals surface area contributed by atoms with E-state index in [1.807, 2.05) is 0 Å². The zero-order valence-corrected chi connectivity index (χ0v) is 22.3. The minimum atomic E-state index is -4.81. The highest BCUT2D eigenvalue weighted by Gasteiger charge is 2.23. The Morgan fingerprint density at radius 3 is 2.20 bits per heavy atom. The standard InChI is InChI=1S/C25H21N5O8S2/c1-15(31)27-17-8-10-21(23(13-17)40(36,37)38)28-18-7-9-19(22(12-18)39(33,34)35)20-5-2-6-24(29-20)30-11-3-4-16(14-30)25(26)32/h2-14H,1H3,(H5-,26,27,28,29,31,32,33,34,35,36,37,38)/p+1. The van der Waals surface area contributed by atoms with Crippen LogP contribution < -0.4 is 20.9 Å². The molecule has 6 N–H and O–H groups in total. The van der Waals surface area contributed by atoms with Crippen LogP contribution in [0.4, 0.5) is 17.1 Å². The minimum Gasteiger partial charge on any atom is -0.365 e. The van der Waals surface area contributed by atoms with Gasteiger partial charge in [-0.1, -0.05) is 0 Å². The van der Waals surface area contributed by atoms with Gasteiger partial charge in [-0.3, -0.25) is 18.7 Å². The molecule has 2 amide bonds. The van der Waals surface area contributed by atoms with Gasteiger partial charge in [0.05, 0.1) is 17.4 Å². The van der Waals surface area contributed by atoms with Crippen molar-refractivity contribution < 1.29 is 40.1 Å². The molecule has 0 saturated heterocycles. The highest BCUT2D eigenvalue weighted by atomic mass is 32.2. The minimum absolute atomic E-state index is 0.0255. The number of hydrogen-bond acceptors (Lipinski definition) is 8. The van der Waals surface area contributed by atoms with Crippen molar-refractivity contribution in [3.8, 4) is 17.1 Å². The van der Waals surface area contributed by atoms with Gasteiger partial charge in [-0.2, -0.15) is 16.8 Å². The van der Waals surface area contributed by atoms with Gasteiger partial charge in [-0.05, 0) is 65.6 Å². The van der Waals surface area contributed by atoms with Gasteiger partial charge in [0.1, 0.15) is 16.0 Å². The quantitative estimate of drug-likeness (QED) is 0.151. The molecule has 4 aromatic rings. The first-order valence-corrected chi connectivity index (χ1v) is 14.2. The van der Waals surface area contributed by atoms with Crippen LogP contribution in [0.3, 0.4) is 0 Å². The van der Waals surface area contributed by atoms with Gasteiger partial charge in [0, 0.05) is 29.9 Å². The Hall–Kier alpha value is -4.70. The second-order valence-electron chi connectivity index (χ2n) is 8.42. The molecule has 0 aliphatic heterocycles. The van der Waals surface area contributed by atoms with Crippen molar-refractivity contribution in [1.29, 1.82) is 0 Å². The molecule has 0 spiro atoms. The molecule has 2 aromatic carbocycles. The SMILES string of the molecule is CC(=O)Nc1ccc(Nc2ccc(-c3cccc(-[n+]4cccc(C(N)=O)c4)n3)c(S(=O)(=O)O)c2)c(S(=O)(=O)O)c1. The van der Waals surface area contributed by atoms with Gasteiger partial charge in [-0.25, -0.2) is 4.57 Å². The smallest absolute Gasteiger partial charge is 0.328 e.